The molecule has 1 atom stereocenters. The van der Waals surface area contributed by atoms with Crippen LogP contribution in [0.3, 0.4) is 0 Å². The second-order valence-electron chi connectivity index (χ2n) is 6.51. The Hall–Kier alpha value is -2.18. The third kappa shape index (κ3) is 3.43. The number of likely N-dealkylation sites (tertiary alicyclic amines) is 2. The van der Waals surface area contributed by atoms with E-state index in [0.29, 0.717) is 38.5 Å². The van der Waals surface area contributed by atoms with E-state index in [0.717, 1.165) is 12.8 Å². The van der Waals surface area contributed by atoms with E-state index in [4.69, 9.17) is 0 Å². The molecule has 1 unspecified atom stereocenters. The minimum atomic E-state index is -0.190. The summed E-state index contributed by atoms with van der Waals surface area (Å²) in [6, 6.07) is 1.46. The molecule has 0 aliphatic carbocycles. The number of carbonyl (C=O) groups is 2. The molecule has 7 heteroatoms. The first-order valence-corrected chi connectivity index (χ1v) is 8.08. The summed E-state index contributed by atoms with van der Waals surface area (Å²) >= 11 is 0. The van der Waals surface area contributed by atoms with Gasteiger partial charge in [-0.15, -0.1) is 0 Å². The number of amides is 2. The summed E-state index contributed by atoms with van der Waals surface area (Å²) < 4.78 is 1.63. The predicted molar refractivity (Wildman–Crippen MR) is 83.5 cm³/mol. The van der Waals surface area contributed by atoms with Gasteiger partial charge in [0.15, 0.2) is 0 Å². The molecule has 0 aromatic carbocycles. The smallest absolute Gasteiger partial charge is 0.253 e. The molecule has 0 radical (unpaired) electrons. The van der Waals surface area contributed by atoms with E-state index in [-0.39, 0.29) is 23.3 Å². The SMILES string of the molecule is CN1CC(C(=O)N2CCC(Cn3cnccc3=O)CC2)CC1=O. The molecule has 2 fully saturated rings. The molecule has 3 heterocycles. The van der Waals surface area contributed by atoms with Crippen molar-refractivity contribution in [1.29, 1.82) is 0 Å². The number of aromatic nitrogens is 2. The third-order valence-electron chi connectivity index (χ3n) is 4.86. The van der Waals surface area contributed by atoms with Crippen molar-refractivity contribution >= 4 is 11.8 Å². The zero-order valence-corrected chi connectivity index (χ0v) is 13.4. The minimum Gasteiger partial charge on any atom is -0.345 e. The second-order valence-corrected chi connectivity index (χ2v) is 6.51. The Morgan fingerprint density at radius 1 is 1.30 bits per heavy atom. The van der Waals surface area contributed by atoms with Crippen LogP contribution in [0.2, 0.25) is 0 Å². The molecule has 3 rings (SSSR count). The number of nitrogens with zero attached hydrogens (tertiary/aromatic N) is 4. The summed E-state index contributed by atoms with van der Waals surface area (Å²) in [6.07, 6.45) is 5.16. The third-order valence-corrected chi connectivity index (χ3v) is 4.86. The molecule has 124 valence electrons. The van der Waals surface area contributed by atoms with E-state index < -0.39 is 0 Å². The van der Waals surface area contributed by atoms with E-state index in [1.807, 2.05) is 4.90 Å². The standard InChI is InChI=1S/C16H22N4O3/c1-18-10-13(8-15(18)22)16(23)19-6-3-12(4-7-19)9-20-11-17-5-2-14(20)21/h2,5,11-13H,3-4,6-10H2,1H3. The average Bonchev–Trinajstić information content (AvgIpc) is 2.89. The minimum absolute atomic E-state index is 0.0361. The van der Waals surface area contributed by atoms with Gasteiger partial charge in [-0.05, 0) is 18.8 Å². The van der Waals surface area contributed by atoms with Crippen LogP contribution in [0.5, 0.6) is 0 Å². The Labute approximate surface area is 134 Å². The molecular weight excluding hydrogens is 296 g/mol. The lowest BCUT2D eigenvalue weighted by atomic mass is 9.95. The van der Waals surface area contributed by atoms with E-state index in [1.54, 1.807) is 22.8 Å². The van der Waals surface area contributed by atoms with Gasteiger partial charge in [0, 0.05) is 51.9 Å². The zero-order valence-electron chi connectivity index (χ0n) is 13.4. The number of carbonyl (C=O) groups excluding carboxylic acids is 2. The lowest BCUT2D eigenvalue weighted by Gasteiger charge is -2.33. The summed E-state index contributed by atoms with van der Waals surface area (Å²) in [5.41, 5.74) is -0.0361. The van der Waals surface area contributed by atoms with Gasteiger partial charge >= 0.3 is 0 Å². The molecule has 2 aliphatic heterocycles. The molecule has 7 nitrogen and oxygen atoms in total. The van der Waals surface area contributed by atoms with Crippen molar-refractivity contribution < 1.29 is 9.59 Å². The lowest BCUT2D eigenvalue weighted by Crippen LogP contribution is -2.43. The van der Waals surface area contributed by atoms with Crippen molar-refractivity contribution in [2.24, 2.45) is 11.8 Å². The largest absolute Gasteiger partial charge is 0.345 e. The molecular formula is C16H22N4O3. The van der Waals surface area contributed by atoms with Crippen molar-refractivity contribution in [3.8, 4) is 0 Å². The Balaban J connectivity index is 1.52. The van der Waals surface area contributed by atoms with E-state index in [2.05, 4.69) is 4.98 Å². The van der Waals surface area contributed by atoms with Crippen LogP contribution in [0.1, 0.15) is 19.3 Å². The molecule has 1 aromatic heterocycles. The van der Waals surface area contributed by atoms with Crippen LogP contribution >= 0.6 is 0 Å². The van der Waals surface area contributed by atoms with Gasteiger partial charge in [0.1, 0.15) is 0 Å². The van der Waals surface area contributed by atoms with E-state index in [1.165, 1.54) is 12.3 Å². The van der Waals surface area contributed by atoms with Gasteiger partial charge < -0.3 is 9.80 Å². The molecule has 0 saturated carbocycles. The van der Waals surface area contributed by atoms with Gasteiger partial charge in [-0.3, -0.25) is 19.0 Å². The highest BCUT2D eigenvalue weighted by molar-refractivity contribution is 5.89. The Kier molecular flexibility index (Phi) is 4.45. The van der Waals surface area contributed by atoms with Gasteiger partial charge in [0.25, 0.3) is 5.56 Å². The molecule has 0 spiro atoms. The van der Waals surface area contributed by atoms with E-state index in [9.17, 15) is 14.4 Å². The van der Waals surface area contributed by atoms with Crippen LogP contribution in [-0.4, -0.2) is 57.8 Å². The van der Waals surface area contributed by atoms with Crippen molar-refractivity contribution in [3.05, 3.63) is 28.9 Å². The predicted octanol–water partition coefficient (Wildman–Crippen LogP) is -0.0398. The first-order chi connectivity index (χ1) is 11.0. The Morgan fingerprint density at radius 3 is 2.65 bits per heavy atom. The number of piperidine rings is 1. The normalized spacial score (nSPS) is 22.7. The van der Waals surface area contributed by atoms with Crippen molar-refractivity contribution in [3.63, 3.8) is 0 Å². The maximum Gasteiger partial charge on any atom is 0.253 e. The highest BCUT2D eigenvalue weighted by Crippen LogP contribution is 2.23. The van der Waals surface area contributed by atoms with Crippen LogP contribution in [0.15, 0.2) is 23.4 Å². The monoisotopic (exact) mass is 318 g/mol. The first-order valence-electron chi connectivity index (χ1n) is 8.08. The van der Waals surface area contributed by atoms with Gasteiger partial charge in [-0.25, -0.2) is 4.98 Å². The number of hydrogen-bond donors (Lipinski definition) is 0. The molecule has 0 bridgehead atoms. The summed E-state index contributed by atoms with van der Waals surface area (Å²) in [5, 5.41) is 0. The molecule has 1 aromatic rings. The molecule has 23 heavy (non-hydrogen) atoms. The Morgan fingerprint density at radius 2 is 2.04 bits per heavy atom. The number of rotatable bonds is 3. The summed E-state index contributed by atoms with van der Waals surface area (Å²) in [6.45, 7) is 2.59. The molecule has 2 aliphatic rings. The van der Waals surface area contributed by atoms with Crippen molar-refractivity contribution in [2.75, 3.05) is 26.7 Å². The van der Waals surface area contributed by atoms with Gasteiger partial charge in [-0.1, -0.05) is 0 Å². The maximum absolute atomic E-state index is 12.5. The average molecular weight is 318 g/mol. The topological polar surface area (TPSA) is 75.5 Å². The highest BCUT2D eigenvalue weighted by atomic mass is 16.2. The summed E-state index contributed by atoms with van der Waals surface area (Å²) in [5.74, 6) is 0.340. The number of hydrogen-bond acceptors (Lipinski definition) is 4. The van der Waals surface area contributed by atoms with Gasteiger partial charge in [-0.2, -0.15) is 0 Å². The Bertz CT molecular complexity index is 649. The molecule has 2 saturated heterocycles. The van der Waals surface area contributed by atoms with Gasteiger partial charge in [0.2, 0.25) is 11.8 Å². The quantitative estimate of drug-likeness (QED) is 0.784. The van der Waals surface area contributed by atoms with Crippen LogP contribution < -0.4 is 5.56 Å². The first kappa shape index (κ1) is 15.7. The van der Waals surface area contributed by atoms with Gasteiger partial charge in [0.05, 0.1) is 12.2 Å². The second kappa shape index (κ2) is 6.52. The van der Waals surface area contributed by atoms with Crippen LogP contribution in [-0.2, 0) is 16.1 Å². The van der Waals surface area contributed by atoms with Crippen LogP contribution in [0.25, 0.3) is 0 Å². The lowest BCUT2D eigenvalue weighted by molar-refractivity contribution is -0.137. The molecule has 0 N–H and O–H groups in total. The zero-order chi connectivity index (χ0) is 16.4. The fraction of sp³-hybridized carbons (Fsp3) is 0.625. The van der Waals surface area contributed by atoms with Crippen LogP contribution in [0, 0.1) is 11.8 Å². The summed E-state index contributed by atoms with van der Waals surface area (Å²) in [7, 11) is 1.74. The fourth-order valence-corrected chi connectivity index (χ4v) is 3.42. The van der Waals surface area contributed by atoms with Crippen molar-refractivity contribution in [2.45, 2.75) is 25.8 Å². The fourth-order valence-electron chi connectivity index (χ4n) is 3.42. The highest BCUT2D eigenvalue weighted by Gasteiger charge is 2.35. The molecule has 2 amide bonds. The summed E-state index contributed by atoms with van der Waals surface area (Å²) in [4.78, 5) is 43.3. The van der Waals surface area contributed by atoms with E-state index >= 15 is 0 Å². The van der Waals surface area contributed by atoms with Crippen LogP contribution in [0.4, 0.5) is 0 Å². The van der Waals surface area contributed by atoms with Crippen molar-refractivity contribution in [1.82, 2.24) is 19.4 Å². The maximum atomic E-state index is 12.5.